The second-order valence-corrected chi connectivity index (χ2v) is 8.57. The molecule has 5 rings (SSSR count). The van der Waals surface area contributed by atoms with Crippen molar-refractivity contribution < 1.29 is 31.1 Å². The molecule has 28 heavy (non-hydrogen) atoms. The van der Waals surface area contributed by atoms with Crippen LogP contribution in [0.1, 0.15) is 49.7 Å². The van der Waals surface area contributed by atoms with Crippen LogP contribution >= 0.6 is 0 Å². The Labute approximate surface area is 157 Å². The smallest absolute Gasteiger partial charge is 0.332 e. The maximum atomic E-state index is 13.0. The van der Waals surface area contributed by atoms with Crippen LogP contribution in [0.25, 0.3) is 0 Å². The maximum Gasteiger partial charge on any atom is 0.416 e. The summed E-state index contributed by atoms with van der Waals surface area (Å²) in [6.07, 6.45) is -4.00. The molecule has 0 atom stereocenters. The van der Waals surface area contributed by atoms with Gasteiger partial charge in [-0.15, -0.1) is 0 Å². The predicted octanol–water partition coefficient (Wildman–Crippen LogP) is 5.81. The fraction of sp³-hybridized carbons (Fsp3) is 0.632. The number of carbonyl (C=O) groups is 1. The number of urea groups is 1. The number of amides is 2. The number of benzene rings is 1. The van der Waals surface area contributed by atoms with Gasteiger partial charge in [-0.25, -0.2) is 4.79 Å². The molecule has 2 amide bonds. The Morgan fingerprint density at radius 2 is 1.25 bits per heavy atom. The molecular weight excluding hydrogens is 386 g/mol. The van der Waals surface area contributed by atoms with Crippen LogP contribution < -0.4 is 10.6 Å². The molecule has 1 aromatic rings. The first-order valence-electron chi connectivity index (χ1n) is 9.30. The topological polar surface area (TPSA) is 41.1 Å². The summed E-state index contributed by atoms with van der Waals surface area (Å²) in [7, 11) is 0. The quantitative estimate of drug-likeness (QED) is 0.598. The SMILES string of the molecule is O=C(Nc1cc(C(F)(F)F)cc(C(F)(F)F)c1)NC12CC3CC(CC(C3)C1)C2. The van der Waals surface area contributed by atoms with E-state index in [1.54, 1.807) is 0 Å². The minimum atomic E-state index is -4.95. The zero-order valence-electron chi connectivity index (χ0n) is 14.9. The Morgan fingerprint density at radius 1 is 0.821 bits per heavy atom. The number of anilines is 1. The Balaban J connectivity index is 1.53. The molecule has 0 aliphatic heterocycles. The second kappa shape index (κ2) is 6.29. The lowest BCUT2D eigenvalue weighted by Crippen LogP contribution is -2.60. The second-order valence-electron chi connectivity index (χ2n) is 8.57. The number of alkyl halides is 6. The van der Waals surface area contributed by atoms with Crippen molar-refractivity contribution in [1.29, 1.82) is 0 Å². The zero-order chi connectivity index (χ0) is 20.3. The molecule has 2 N–H and O–H groups in total. The van der Waals surface area contributed by atoms with E-state index in [0.717, 1.165) is 38.5 Å². The summed E-state index contributed by atoms with van der Waals surface area (Å²) < 4.78 is 77.8. The van der Waals surface area contributed by atoms with Crippen molar-refractivity contribution in [2.45, 2.75) is 56.4 Å². The monoisotopic (exact) mass is 406 g/mol. The van der Waals surface area contributed by atoms with Crippen molar-refractivity contribution in [1.82, 2.24) is 5.32 Å². The van der Waals surface area contributed by atoms with Crippen LogP contribution in [0.4, 0.5) is 36.8 Å². The summed E-state index contributed by atoms with van der Waals surface area (Å²) in [6.45, 7) is 0. The van der Waals surface area contributed by atoms with Gasteiger partial charge in [-0.1, -0.05) is 0 Å². The van der Waals surface area contributed by atoms with Crippen molar-refractivity contribution in [2.24, 2.45) is 17.8 Å². The van der Waals surface area contributed by atoms with Gasteiger partial charge in [0.1, 0.15) is 0 Å². The predicted molar refractivity (Wildman–Crippen MR) is 89.5 cm³/mol. The van der Waals surface area contributed by atoms with E-state index in [2.05, 4.69) is 10.6 Å². The Kier molecular flexibility index (Phi) is 4.35. The minimum absolute atomic E-state index is 0.0438. The van der Waals surface area contributed by atoms with Crippen LogP contribution in [0.15, 0.2) is 18.2 Å². The molecule has 0 unspecified atom stereocenters. The number of hydrogen-bond acceptors (Lipinski definition) is 1. The van der Waals surface area contributed by atoms with E-state index < -0.39 is 40.7 Å². The number of carbonyl (C=O) groups excluding carboxylic acids is 1. The van der Waals surface area contributed by atoms with E-state index in [0.29, 0.717) is 29.9 Å². The minimum Gasteiger partial charge on any atom is -0.332 e. The fourth-order valence-corrected chi connectivity index (χ4v) is 5.69. The normalized spacial score (nSPS) is 31.7. The van der Waals surface area contributed by atoms with Gasteiger partial charge in [0, 0.05) is 11.2 Å². The highest BCUT2D eigenvalue weighted by Crippen LogP contribution is 2.55. The van der Waals surface area contributed by atoms with Crippen LogP contribution in [-0.4, -0.2) is 11.6 Å². The van der Waals surface area contributed by atoms with Crippen molar-refractivity contribution in [2.75, 3.05) is 5.32 Å². The van der Waals surface area contributed by atoms with Gasteiger partial charge in [0.2, 0.25) is 0 Å². The highest BCUT2D eigenvalue weighted by Gasteiger charge is 2.51. The van der Waals surface area contributed by atoms with Gasteiger partial charge in [-0.05, 0) is 74.5 Å². The Bertz CT molecular complexity index is 718. The maximum absolute atomic E-state index is 13.0. The Hall–Kier alpha value is -1.93. The zero-order valence-corrected chi connectivity index (χ0v) is 14.9. The molecule has 0 spiro atoms. The van der Waals surface area contributed by atoms with Crippen molar-refractivity contribution >= 4 is 11.7 Å². The van der Waals surface area contributed by atoms with Gasteiger partial charge in [-0.3, -0.25) is 0 Å². The molecule has 0 radical (unpaired) electrons. The van der Waals surface area contributed by atoms with E-state index in [4.69, 9.17) is 0 Å². The summed E-state index contributed by atoms with van der Waals surface area (Å²) in [5.74, 6) is 1.62. The summed E-state index contributed by atoms with van der Waals surface area (Å²) in [6, 6.07) is 0.333. The lowest BCUT2D eigenvalue weighted by molar-refractivity contribution is -0.143. The van der Waals surface area contributed by atoms with Crippen LogP contribution in [0.5, 0.6) is 0 Å². The van der Waals surface area contributed by atoms with E-state index in [9.17, 15) is 31.1 Å². The van der Waals surface area contributed by atoms with E-state index in [1.165, 1.54) is 0 Å². The molecule has 4 aliphatic carbocycles. The largest absolute Gasteiger partial charge is 0.416 e. The highest BCUT2D eigenvalue weighted by atomic mass is 19.4. The first-order valence-corrected chi connectivity index (χ1v) is 9.30. The molecule has 0 aromatic heterocycles. The fourth-order valence-electron chi connectivity index (χ4n) is 5.69. The average molecular weight is 406 g/mol. The molecule has 9 heteroatoms. The number of halogens is 6. The lowest BCUT2D eigenvalue weighted by atomic mass is 9.53. The summed E-state index contributed by atoms with van der Waals surface area (Å²) >= 11 is 0. The van der Waals surface area contributed by atoms with E-state index >= 15 is 0 Å². The average Bonchev–Trinajstić information content (AvgIpc) is 2.50. The summed E-state index contributed by atoms with van der Waals surface area (Å²) in [4.78, 5) is 12.4. The van der Waals surface area contributed by atoms with Gasteiger partial charge in [0.05, 0.1) is 11.1 Å². The van der Waals surface area contributed by atoms with Crippen molar-refractivity contribution in [3.63, 3.8) is 0 Å². The molecule has 4 fully saturated rings. The molecule has 0 saturated heterocycles. The van der Waals surface area contributed by atoms with Gasteiger partial charge < -0.3 is 10.6 Å². The summed E-state index contributed by atoms with van der Waals surface area (Å²) in [5, 5.41) is 5.07. The molecule has 4 saturated carbocycles. The number of rotatable bonds is 2. The van der Waals surface area contributed by atoms with Gasteiger partial charge in [-0.2, -0.15) is 26.3 Å². The third-order valence-electron chi connectivity index (χ3n) is 6.26. The van der Waals surface area contributed by atoms with Gasteiger partial charge >= 0.3 is 18.4 Å². The van der Waals surface area contributed by atoms with Crippen molar-refractivity contribution in [3.8, 4) is 0 Å². The number of hydrogen-bond donors (Lipinski definition) is 2. The highest BCUT2D eigenvalue weighted by molar-refractivity contribution is 5.90. The van der Waals surface area contributed by atoms with E-state index in [-0.39, 0.29) is 6.07 Å². The van der Waals surface area contributed by atoms with Crippen LogP contribution in [0.2, 0.25) is 0 Å². The molecule has 0 heterocycles. The summed E-state index contributed by atoms with van der Waals surface area (Å²) in [5.41, 5.74) is -3.82. The molecule has 154 valence electrons. The Morgan fingerprint density at radius 3 is 1.64 bits per heavy atom. The third kappa shape index (κ3) is 3.80. The molecular formula is C19H20F6N2O. The van der Waals surface area contributed by atoms with Crippen LogP contribution in [0, 0.1) is 17.8 Å². The molecule has 3 nitrogen and oxygen atoms in total. The standard InChI is InChI=1S/C19H20F6N2O/c20-18(21,22)13-4-14(19(23,24)25)6-15(5-13)26-16(28)27-17-7-10-1-11(8-17)3-12(2-10)9-17/h4-6,10-12H,1-3,7-9H2,(H2,26,27,28). The van der Waals surface area contributed by atoms with Crippen LogP contribution in [0.3, 0.4) is 0 Å². The van der Waals surface area contributed by atoms with Crippen molar-refractivity contribution in [3.05, 3.63) is 29.3 Å². The first-order chi connectivity index (χ1) is 12.9. The first kappa shape index (κ1) is 19.4. The molecule has 4 aliphatic rings. The van der Waals surface area contributed by atoms with Gasteiger partial charge in [0.25, 0.3) is 0 Å². The third-order valence-corrected chi connectivity index (χ3v) is 6.26. The van der Waals surface area contributed by atoms with Crippen LogP contribution in [-0.2, 0) is 12.4 Å². The van der Waals surface area contributed by atoms with E-state index in [1.807, 2.05) is 0 Å². The molecule has 1 aromatic carbocycles. The number of nitrogens with one attached hydrogen (secondary N) is 2. The lowest BCUT2D eigenvalue weighted by Gasteiger charge is -2.56. The van der Waals surface area contributed by atoms with Gasteiger partial charge in [0.15, 0.2) is 0 Å². The molecule has 4 bridgehead atoms.